The third-order valence-corrected chi connectivity index (χ3v) is 3.28. The lowest BCUT2D eigenvalue weighted by atomic mass is 9.91. The number of amides is 1. The van der Waals surface area contributed by atoms with Crippen LogP contribution in [0.4, 0.5) is 0 Å². The van der Waals surface area contributed by atoms with Gasteiger partial charge in [0.25, 0.3) is 0 Å². The molecule has 0 saturated heterocycles. The number of carbonyl (C=O) groups excluding carboxylic acids is 1. The highest BCUT2D eigenvalue weighted by atomic mass is 16.2. The molecule has 1 aromatic rings. The molecule has 0 fully saturated rings. The Bertz CT molecular complexity index is 473. The van der Waals surface area contributed by atoms with Crippen molar-refractivity contribution in [2.75, 3.05) is 0 Å². The minimum atomic E-state index is -0.975. The third-order valence-electron chi connectivity index (χ3n) is 3.28. The van der Waals surface area contributed by atoms with Crippen molar-refractivity contribution in [2.24, 2.45) is 11.5 Å². The zero-order chi connectivity index (χ0) is 13.2. The molecule has 1 unspecified atom stereocenters. The Hall–Kier alpha value is -2.08. The molecule has 6 heteroatoms. The standard InChI is InChI=1S/C12H17N5O/c1-2-12(11(14)18)10(13)7-16-17(12)8-9-5-3-4-6-15-9/h3-7,16H,2,8,13H2,1H3,(H2,14,18). The van der Waals surface area contributed by atoms with E-state index in [2.05, 4.69) is 10.4 Å². The number of primary amides is 1. The lowest BCUT2D eigenvalue weighted by Gasteiger charge is -2.35. The predicted molar refractivity (Wildman–Crippen MR) is 67.4 cm³/mol. The number of hydrogen-bond acceptors (Lipinski definition) is 5. The van der Waals surface area contributed by atoms with Crippen LogP contribution in [0.25, 0.3) is 0 Å². The van der Waals surface area contributed by atoms with Gasteiger partial charge >= 0.3 is 0 Å². The molecule has 1 aromatic heterocycles. The summed E-state index contributed by atoms with van der Waals surface area (Å²) in [5.41, 5.74) is 14.7. The summed E-state index contributed by atoms with van der Waals surface area (Å²) in [5, 5.41) is 1.73. The first-order chi connectivity index (χ1) is 8.61. The van der Waals surface area contributed by atoms with Crippen molar-refractivity contribution >= 4 is 5.91 Å². The second-order valence-corrected chi connectivity index (χ2v) is 4.21. The van der Waals surface area contributed by atoms with E-state index in [0.717, 1.165) is 5.69 Å². The summed E-state index contributed by atoms with van der Waals surface area (Å²) in [6.45, 7) is 2.33. The van der Waals surface area contributed by atoms with E-state index in [9.17, 15) is 4.79 Å². The molecule has 0 spiro atoms. The fourth-order valence-electron chi connectivity index (χ4n) is 2.21. The first-order valence-corrected chi connectivity index (χ1v) is 5.81. The fraction of sp³-hybridized carbons (Fsp3) is 0.333. The highest BCUT2D eigenvalue weighted by Crippen LogP contribution is 2.29. The minimum absolute atomic E-state index is 0.438. The van der Waals surface area contributed by atoms with Gasteiger partial charge in [-0.15, -0.1) is 0 Å². The number of nitrogens with two attached hydrogens (primary N) is 2. The minimum Gasteiger partial charge on any atom is -0.399 e. The summed E-state index contributed by atoms with van der Waals surface area (Å²) in [4.78, 5) is 16.0. The lowest BCUT2D eigenvalue weighted by Crippen LogP contribution is -2.59. The van der Waals surface area contributed by atoms with E-state index < -0.39 is 11.4 Å². The van der Waals surface area contributed by atoms with Gasteiger partial charge in [0.1, 0.15) is 0 Å². The van der Waals surface area contributed by atoms with Gasteiger partial charge < -0.3 is 16.9 Å². The van der Waals surface area contributed by atoms with E-state index in [1.165, 1.54) is 0 Å². The Labute approximate surface area is 106 Å². The molecule has 1 amide bonds. The molecule has 0 radical (unpaired) electrons. The van der Waals surface area contributed by atoms with Crippen molar-refractivity contribution < 1.29 is 4.79 Å². The summed E-state index contributed by atoms with van der Waals surface area (Å²) in [7, 11) is 0. The van der Waals surface area contributed by atoms with Crippen LogP contribution >= 0.6 is 0 Å². The van der Waals surface area contributed by atoms with Crippen LogP contribution in [0, 0.1) is 0 Å². The van der Waals surface area contributed by atoms with Crippen molar-refractivity contribution in [2.45, 2.75) is 25.4 Å². The van der Waals surface area contributed by atoms with Gasteiger partial charge in [0.05, 0.1) is 17.9 Å². The molecule has 0 aromatic carbocycles. The molecule has 0 aliphatic carbocycles. The zero-order valence-corrected chi connectivity index (χ0v) is 10.3. The first kappa shape index (κ1) is 12.4. The van der Waals surface area contributed by atoms with Gasteiger partial charge in [-0.1, -0.05) is 13.0 Å². The van der Waals surface area contributed by atoms with Crippen LogP contribution in [0.1, 0.15) is 19.0 Å². The van der Waals surface area contributed by atoms with Crippen molar-refractivity contribution in [1.29, 1.82) is 0 Å². The summed E-state index contributed by atoms with van der Waals surface area (Å²) in [6.07, 6.45) is 3.82. The van der Waals surface area contributed by atoms with E-state index in [1.807, 2.05) is 25.1 Å². The maximum atomic E-state index is 11.8. The number of rotatable bonds is 4. The molecule has 0 bridgehead atoms. The molecule has 5 N–H and O–H groups in total. The SMILES string of the molecule is CCC1(C(N)=O)C(N)=CNN1Cc1ccccn1. The predicted octanol–water partition coefficient (Wildman–Crippen LogP) is -0.164. The maximum absolute atomic E-state index is 11.8. The average Bonchev–Trinajstić information content (AvgIpc) is 2.68. The van der Waals surface area contributed by atoms with Gasteiger partial charge in [0, 0.05) is 12.4 Å². The van der Waals surface area contributed by atoms with Gasteiger partial charge in [0.2, 0.25) is 5.91 Å². The molecule has 1 aliphatic heterocycles. The lowest BCUT2D eigenvalue weighted by molar-refractivity contribution is -0.129. The van der Waals surface area contributed by atoms with Gasteiger partial charge in [-0.25, -0.2) is 0 Å². The van der Waals surface area contributed by atoms with Gasteiger partial charge in [0.15, 0.2) is 5.54 Å². The number of hydrogen-bond donors (Lipinski definition) is 3. The molecular weight excluding hydrogens is 230 g/mol. The molecule has 18 heavy (non-hydrogen) atoms. The molecule has 6 nitrogen and oxygen atoms in total. The number of nitrogens with zero attached hydrogens (tertiary/aromatic N) is 2. The Balaban J connectivity index is 2.26. The quantitative estimate of drug-likeness (QED) is 0.686. The van der Waals surface area contributed by atoms with E-state index in [4.69, 9.17) is 11.5 Å². The zero-order valence-electron chi connectivity index (χ0n) is 10.3. The Kier molecular flexibility index (Phi) is 3.20. The summed E-state index contributed by atoms with van der Waals surface area (Å²) >= 11 is 0. The molecule has 2 rings (SSSR count). The van der Waals surface area contributed by atoms with Crippen LogP contribution in [0.3, 0.4) is 0 Å². The van der Waals surface area contributed by atoms with E-state index >= 15 is 0 Å². The normalized spacial score (nSPS) is 23.5. The maximum Gasteiger partial charge on any atom is 0.245 e. The molecular formula is C12H17N5O. The van der Waals surface area contributed by atoms with Crippen LogP contribution in [0.5, 0.6) is 0 Å². The number of hydrazine groups is 1. The first-order valence-electron chi connectivity index (χ1n) is 5.81. The van der Waals surface area contributed by atoms with Crippen LogP contribution in [0.15, 0.2) is 36.3 Å². The van der Waals surface area contributed by atoms with Crippen LogP contribution in [-0.2, 0) is 11.3 Å². The van der Waals surface area contributed by atoms with Crippen molar-refractivity contribution in [3.63, 3.8) is 0 Å². The van der Waals surface area contributed by atoms with E-state index in [1.54, 1.807) is 17.4 Å². The highest BCUT2D eigenvalue weighted by molar-refractivity contribution is 5.88. The molecule has 1 aliphatic rings. The van der Waals surface area contributed by atoms with E-state index in [0.29, 0.717) is 18.7 Å². The largest absolute Gasteiger partial charge is 0.399 e. The summed E-state index contributed by atoms with van der Waals surface area (Å²) < 4.78 is 0. The van der Waals surface area contributed by atoms with Crippen LogP contribution in [0.2, 0.25) is 0 Å². The number of aromatic nitrogens is 1. The second-order valence-electron chi connectivity index (χ2n) is 4.21. The van der Waals surface area contributed by atoms with Crippen molar-refractivity contribution in [3.8, 4) is 0 Å². The van der Waals surface area contributed by atoms with Crippen molar-refractivity contribution in [1.82, 2.24) is 15.4 Å². The Morgan fingerprint density at radius 1 is 1.56 bits per heavy atom. The van der Waals surface area contributed by atoms with Crippen LogP contribution < -0.4 is 16.9 Å². The topological polar surface area (TPSA) is 97.3 Å². The molecule has 1 atom stereocenters. The summed E-state index contributed by atoms with van der Waals surface area (Å²) in [5.74, 6) is -0.459. The number of nitrogens with one attached hydrogen (secondary N) is 1. The summed E-state index contributed by atoms with van der Waals surface area (Å²) in [6, 6.07) is 5.62. The second kappa shape index (κ2) is 4.66. The Morgan fingerprint density at radius 2 is 2.33 bits per heavy atom. The number of carbonyl (C=O) groups is 1. The molecule has 0 saturated carbocycles. The van der Waals surface area contributed by atoms with Gasteiger partial charge in [-0.05, 0) is 18.6 Å². The van der Waals surface area contributed by atoms with Gasteiger partial charge in [-0.2, -0.15) is 5.01 Å². The average molecular weight is 247 g/mol. The van der Waals surface area contributed by atoms with Crippen LogP contribution in [-0.4, -0.2) is 21.4 Å². The number of pyridine rings is 1. The fourth-order valence-corrected chi connectivity index (χ4v) is 2.21. The van der Waals surface area contributed by atoms with Crippen molar-refractivity contribution in [3.05, 3.63) is 42.0 Å². The monoisotopic (exact) mass is 247 g/mol. The van der Waals surface area contributed by atoms with Gasteiger partial charge in [-0.3, -0.25) is 9.78 Å². The third kappa shape index (κ3) is 1.80. The highest BCUT2D eigenvalue weighted by Gasteiger charge is 2.47. The molecule has 2 heterocycles. The van der Waals surface area contributed by atoms with E-state index in [-0.39, 0.29) is 0 Å². The molecule has 96 valence electrons. The Morgan fingerprint density at radius 3 is 2.89 bits per heavy atom. The smallest absolute Gasteiger partial charge is 0.245 e.